The molecular formula is C27H53IO4Si2. The number of hydrogen-bond acceptors (Lipinski definition) is 4. The van der Waals surface area contributed by atoms with Gasteiger partial charge in [-0.25, -0.2) is 0 Å². The van der Waals surface area contributed by atoms with E-state index in [1.54, 1.807) is 7.11 Å². The molecule has 5 atom stereocenters. The fraction of sp³-hybridized carbons (Fsp3) is 0.815. The third-order valence-corrected chi connectivity index (χ3v) is 17.4. The van der Waals surface area contributed by atoms with Crippen molar-refractivity contribution < 1.29 is 18.4 Å². The molecule has 4 nitrogen and oxygen atoms in total. The van der Waals surface area contributed by atoms with Crippen LogP contribution in [0.15, 0.2) is 21.8 Å². The van der Waals surface area contributed by atoms with E-state index in [1.807, 2.05) is 6.92 Å². The fourth-order valence-electron chi connectivity index (χ4n) is 4.13. The molecule has 0 heterocycles. The van der Waals surface area contributed by atoms with Gasteiger partial charge in [-0.2, -0.15) is 0 Å². The van der Waals surface area contributed by atoms with Crippen molar-refractivity contribution in [1.82, 2.24) is 0 Å². The van der Waals surface area contributed by atoms with Crippen LogP contribution in [0.3, 0.4) is 0 Å². The summed E-state index contributed by atoms with van der Waals surface area (Å²) in [5, 5.41) is 0.162. The molecular weight excluding hydrogens is 571 g/mol. The molecule has 0 radical (unpaired) electrons. The van der Waals surface area contributed by atoms with Crippen LogP contribution in [0.1, 0.15) is 68.7 Å². The molecule has 0 N–H and O–H groups in total. The van der Waals surface area contributed by atoms with Crippen LogP contribution in [-0.2, 0) is 18.4 Å². The van der Waals surface area contributed by atoms with Crippen LogP contribution in [-0.4, -0.2) is 48.3 Å². The Morgan fingerprint density at radius 2 is 1.56 bits per heavy atom. The first-order valence-corrected chi connectivity index (χ1v) is 19.6. The van der Waals surface area contributed by atoms with E-state index in [0.29, 0.717) is 0 Å². The van der Waals surface area contributed by atoms with Crippen molar-refractivity contribution in [2.75, 3.05) is 7.11 Å². The van der Waals surface area contributed by atoms with Gasteiger partial charge in [0.05, 0.1) is 18.3 Å². The monoisotopic (exact) mass is 624 g/mol. The lowest BCUT2D eigenvalue weighted by molar-refractivity contribution is -0.115. The van der Waals surface area contributed by atoms with E-state index < -0.39 is 16.6 Å². The minimum atomic E-state index is -1.89. The maximum Gasteiger partial charge on any atom is 0.192 e. The summed E-state index contributed by atoms with van der Waals surface area (Å²) in [5.74, 6) is -0.106. The first-order chi connectivity index (χ1) is 15.7. The highest BCUT2D eigenvalue weighted by atomic mass is 127. The molecule has 0 fully saturated rings. The predicted molar refractivity (Wildman–Crippen MR) is 161 cm³/mol. The lowest BCUT2D eigenvalue weighted by atomic mass is 9.88. The molecule has 0 unspecified atom stereocenters. The Kier molecular flexibility index (Phi) is 15.5. The van der Waals surface area contributed by atoms with Gasteiger partial charge in [0.15, 0.2) is 16.6 Å². The number of halogens is 1. The Balaban J connectivity index is 5.83. The summed E-state index contributed by atoms with van der Waals surface area (Å²) in [6, 6.07) is 3.20. The molecule has 0 spiro atoms. The van der Waals surface area contributed by atoms with Crippen LogP contribution in [0, 0.1) is 11.8 Å². The normalized spacial score (nSPS) is 18.6. The molecule has 0 saturated heterocycles. The van der Waals surface area contributed by atoms with Gasteiger partial charge < -0.3 is 18.4 Å². The Morgan fingerprint density at radius 1 is 1.03 bits per heavy atom. The van der Waals surface area contributed by atoms with E-state index in [9.17, 15) is 4.79 Å². The van der Waals surface area contributed by atoms with Crippen LogP contribution in [0.25, 0.3) is 0 Å². The zero-order valence-electron chi connectivity index (χ0n) is 24.0. The number of ether oxygens (including phenoxy) is 1. The summed E-state index contributed by atoms with van der Waals surface area (Å²) in [6.45, 7) is 24.4. The maximum atomic E-state index is 11.8. The zero-order valence-corrected chi connectivity index (χ0v) is 28.2. The van der Waals surface area contributed by atoms with Crippen molar-refractivity contribution in [3.63, 3.8) is 0 Å². The summed E-state index contributed by atoms with van der Waals surface area (Å²) in [7, 11) is -1.99. The number of carbonyl (C=O) groups excluding carboxylic acids is 1. The summed E-state index contributed by atoms with van der Waals surface area (Å²) in [6.07, 6.45) is 6.02. The standard InChI is InChI=1S/C27H53IO4Si2/c1-13-34(14-2,15-3)32-26(22(5)20-29)23(6)25(30-10)19-21(4)18-24(16-17-28)31-33(11,12)27(7,8)9/h16-17,19-20,22-26H,13-15,18H2,1-12H3/b17-16+,21-19+/t22-,23-,24+,25-,26-/m1/s1. The number of carbonyl (C=O) groups is 1. The van der Waals surface area contributed by atoms with Crippen molar-refractivity contribution in [2.24, 2.45) is 11.8 Å². The Morgan fingerprint density at radius 3 is 1.94 bits per heavy atom. The highest BCUT2D eigenvalue weighted by molar-refractivity contribution is 14.1. The lowest BCUT2D eigenvalue weighted by Crippen LogP contribution is -2.47. The molecule has 0 bridgehead atoms. The number of aldehydes is 1. The van der Waals surface area contributed by atoms with Crippen LogP contribution >= 0.6 is 22.6 Å². The van der Waals surface area contributed by atoms with Crippen LogP contribution < -0.4 is 0 Å². The molecule has 0 aromatic heterocycles. The smallest absolute Gasteiger partial charge is 0.192 e. The van der Waals surface area contributed by atoms with E-state index in [1.165, 1.54) is 5.57 Å². The number of methoxy groups -OCH3 is 1. The molecule has 0 aromatic rings. The first kappa shape index (κ1) is 34.2. The second-order valence-electron chi connectivity index (χ2n) is 11.3. The van der Waals surface area contributed by atoms with Crippen molar-refractivity contribution in [3.05, 3.63) is 21.8 Å². The molecule has 0 aliphatic rings. The van der Waals surface area contributed by atoms with Crippen molar-refractivity contribution >= 4 is 45.5 Å². The third kappa shape index (κ3) is 10.3. The van der Waals surface area contributed by atoms with Gasteiger partial charge in [0, 0.05) is 18.9 Å². The molecule has 0 aliphatic carbocycles. The van der Waals surface area contributed by atoms with E-state index >= 15 is 0 Å². The second-order valence-corrected chi connectivity index (χ2v) is 21.5. The maximum absolute atomic E-state index is 11.8. The molecule has 0 saturated carbocycles. The molecule has 0 rings (SSSR count). The van der Waals surface area contributed by atoms with Gasteiger partial charge in [-0.15, -0.1) is 0 Å². The Bertz CT molecular complexity index is 645. The minimum absolute atomic E-state index is 0.0446. The molecule has 0 aliphatic heterocycles. The van der Waals surface area contributed by atoms with Gasteiger partial charge in [0.25, 0.3) is 0 Å². The molecule has 0 aromatic carbocycles. The summed E-state index contributed by atoms with van der Waals surface area (Å²) >= 11 is 2.27. The van der Waals surface area contributed by atoms with Gasteiger partial charge in [0.2, 0.25) is 0 Å². The molecule has 7 heteroatoms. The topological polar surface area (TPSA) is 44.8 Å². The third-order valence-electron chi connectivity index (χ3n) is 7.87. The highest BCUT2D eigenvalue weighted by Gasteiger charge is 2.40. The average molecular weight is 625 g/mol. The highest BCUT2D eigenvalue weighted by Crippen LogP contribution is 2.38. The van der Waals surface area contributed by atoms with Crippen LogP contribution in [0.2, 0.25) is 36.3 Å². The Labute approximate surface area is 227 Å². The van der Waals surface area contributed by atoms with Gasteiger partial charge >= 0.3 is 0 Å². The average Bonchev–Trinajstić information content (AvgIpc) is 2.77. The molecule has 0 amide bonds. The van der Waals surface area contributed by atoms with Gasteiger partial charge in [-0.1, -0.05) is 95.7 Å². The first-order valence-electron chi connectivity index (χ1n) is 12.9. The zero-order chi connectivity index (χ0) is 26.7. The van der Waals surface area contributed by atoms with Gasteiger partial charge in [-0.05, 0) is 53.7 Å². The summed E-state index contributed by atoms with van der Waals surface area (Å²) < 4.78 is 21.6. The quantitative estimate of drug-likeness (QED) is 0.0747. The second kappa shape index (κ2) is 15.4. The van der Waals surface area contributed by atoms with Crippen molar-refractivity contribution in [1.29, 1.82) is 0 Å². The fourth-order valence-corrected chi connectivity index (χ4v) is 8.87. The van der Waals surface area contributed by atoms with E-state index in [-0.39, 0.29) is 35.2 Å². The summed E-state index contributed by atoms with van der Waals surface area (Å²) in [5.41, 5.74) is 1.24. The van der Waals surface area contributed by atoms with Crippen molar-refractivity contribution in [3.8, 4) is 0 Å². The van der Waals surface area contributed by atoms with Gasteiger partial charge in [-0.3, -0.25) is 0 Å². The number of rotatable bonds is 16. The Hall–Kier alpha value is 0.194. The van der Waals surface area contributed by atoms with Crippen LogP contribution in [0.5, 0.6) is 0 Å². The molecule has 34 heavy (non-hydrogen) atoms. The van der Waals surface area contributed by atoms with Crippen LogP contribution in [0.4, 0.5) is 0 Å². The number of hydrogen-bond donors (Lipinski definition) is 0. The molecule has 200 valence electrons. The lowest BCUT2D eigenvalue weighted by Gasteiger charge is -2.39. The van der Waals surface area contributed by atoms with E-state index in [2.05, 4.69) is 107 Å². The van der Waals surface area contributed by atoms with Gasteiger partial charge in [0.1, 0.15) is 6.29 Å². The summed E-state index contributed by atoms with van der Waals surface area (Å²) in [4.78, 5) is 11.8. The van der Waals surface area contributed by atoms with E-state index in [4.69, 9.17) is 13.6 Å². The minimum Gasteiger partial charge on any atom is -0.413 e. The largest absolute Gasteiger partial charge is 0.413 e. The van der Waals surface area contributed by atoms with E-state index in [0.717, 1.165) is 30.8 Å². The SMILES string of the molecule is CC[Si](CC)(CC)O[C@@H]([C@H](C)[C@@H](/C=C(\C)C[C@H](/C=C/I)O[Si](C)(C)C(C)(C)C)OC)[C@H](C)C=O. The predicted octanol–water partition coefficient (Wildman–Crippen LogP) is 8.54. The van der Waals surface area contributed by atoms with Crippen molar-refractivity contribution in [2.45, 2.75) is 123 Å².